The third-order valence-corrected chi connectivity index (χ3v) is 6.14. The topological polar surface area (TPSA) is 128 Å². The van der Waals surface area contributed by atoms with Crippen LogP contribution in [-0.2, 0) is 4.74 Å². The lowest BCUT2D eigenvalue weighted by Crippen LogP contribution is -2.41. The molecule has 1 amide bonds. The number of rotatable bonds is 4. The number of amides is 1. The zero-order chi connectivity index (χ0) is 25.4. The van der Waals surface area contributed by atoms with Crippen LogP contribution in [-0.4, -0.2) is 54.4 Å². The molecule has 36 heavy (non-hydrogen) atoms. The number of halogens is 1. The molecular weight excluding hydrogens is 488 g/mol. The van der Waals surface area contributed by atoms with Gasteiger partial charge in [0.15, 0.2) is 0 Å². The van der Waals surface area contributed by atoms with Gasteiger partial charge < -0.3 is 23.4 Å². The summed E-state index contributed by atoms with van der Waals surface area (Å²) in [6, 6.07) is 8.44. The number of aromatic amines is 1. The second kappa shape index (κ2) is 9.30. The Labute approximate surface area is 211 Å². The summed E-state index contributed by atoms with van der Waals surface area (Å²) in [5.74, 6) is 1.14. The molecular formula is C24H25ClN6O5. The van der Waals surface area contributed by atoms with Crippen LogP contribution in [0.4, 0.5) is 4.79 Å². The number of benzene rings is 1. The van der Waals surface area contributed by atoms with Gasteiger partial charge in [0, 0.05) is 30.6 Å². The molecule has 0 radical (unpaired) electrons. The van der Waals surface area contributed by atoms with Crippen LogP contribution < -0.4 is 9.85 Å². The molecule has 0 saturated carbocycles. The highest BCUT2D eigenvalue weighted by Crippen LogP contribution is 2.31. The van der Waals surface area contributed by atoms with Crippen molar-refractivity contribution in [2.45, 2.75) is 45.1 Å². The van der Waals surface area contributed by atoms with Crippen molar-refractivity contribution in [3.63, 3.8) is 0 Å². The summed E-state index contributed by atoms with van der Waals surface area (Å²) in [5.41, 5.74) is 1.65. The number of hydrogen-bond acceptors (Lipinski definition) is 8. The fourth-order valence-electron chi connectivity index (χ4n) is 4.25. The number of carbonyl (C=O) groups is 1. The minimum absolute atomic E-state index is 0.0437. The van der Waals surface area contributed by atoms with E-state index in [0.29, 0.717) is 54.3 Å². The van der Waals surface area contributed by atoms with Crippen molar-refractivity contribution in [1.29, 1.82) is 0 Å². The van der Waals surface area contributed by atoms with Gasteiger partial charge >= 0.3 is 6.09 Å². The van der Waals surface area contributed by atoms with Crippen LogP contribution in [0.5, 0.6) is 5.75 Å². The van der Waals surface area contributed by atoms with Gasteiger partial charge in [-0.1, -0.05) is 5.16 Å². The average Bonchev–Trinajstić information content (AvgIpc) is 3.50. The van der Waals surface area contributed by atoms with Crippen LogP contribution in [0.3, 0.4) is 0 Å². The lowest BCUT2D eigenvalue weighted by Gasteiger charge is -2.33. The molecule has 0 atom stereocenters. The normalized spacial score (nSPS) is 14.8. The van der Waals surface area contributed by atoms with Crippen molar-refractivity contribution in [2.75, 3.05) is 13.1 Å². The molecule has 1 saturated heterocycles. The number of piperidine rings is 1. The zero-order valence-electron chi connectivity index (χ0n) is 20.0. The molecule has 4 heterocycles. The van der Waals surface area contributed by atoms with Gasteiger partial charge in [-0.3, -0.25) is 4.79 Å². The van der Waals surface area contributed by atoms with Gasteiger partial charge in [-0.25, -0.2) is 9.31 Å². The number of aromatic nitrogens is 5. The number of likely N-dealkylation sites (tertiary alicyclic amines) is 1. The average molecular weight is 513 g/mol. The predicted octanol–water partition coefficient (Wildman–Crippen LogP) is 4.39. The van der Waals surface area contributed by atoms with E-state index < -0.39 is 5.60 Å². The van der Waals surface area contributed by atoms with E-state index in [9.17, 15) is 9.59 Å². The van der Waals surface area contributed by atoms with Gasteiger partial charge in [0.05, 0.1) is 11.9 Å². The molecule has 11 nitrogen and oxygen atoms in total. The molecule has 3 aromatic heterocycles. The van der Waals surface area contributed by atoms with Crippen LogP contribution in [0.15, 0.2) is 45.8 Å². The summed E-state index contributed by atoms with van der Waals surface area (Å²) in [6.07, 6.45) is 2.63. The highest BCUT2D eigenvalue weighted by molar-refractivity contribution is 6.09. The molecule has 0 unspecified atom stereocenters. The molecule has 1 aliphatic heterocycles. The number of hydrogen-bond donors (Lipinski definition) is 1. The second-order valence-electron chi connectivity index (χ2n) is 9.64. The minimum Gasteiger partial charge on any atom is -0.444 e. The van der Waals surface area contributed by atoms with E-state index in [1.807, 2.05) is 20.8 Å². The van der Waals surface area contributed by atoms with E-state index in [-0.39, 0.29) is 23.5 Å². The summed E-state index contributed by atoms with van der Waals surface area (Å²) in [6.45, 7) is 6.60. The largest absolute Gasteiger partial charge is 0.444 e. The number of carbonyl (C=O) groups excluding carboxylic acids is 1. The smallest absolute Gasteiger partial charge is 0.410 e. The zero-order valence-corrected chi connectivity index (χ0v) is 20.8. The van der Waals surface area contributed by atoms with Crippen LogP contribution >= 0.6 is 11.9 Å². The maximum Gasteiger partial charge on any atom is 0.410 e. The van der Waals surface area contributed by atoms with Gasteiger partial charge in [0.1, 0.15) is 34.4 Å². The number of nitrogens with one attached hydrogen (secondary N) is 1. The van der Waals surface area contributed by atoms with E-state index >= 15 is 0 Å². The Hall–Kier alpha value is -3.86. The molecule has 1 N–H and O–H groups in total. The third-order valence-electron chi connectivity index (χ3n) is 5.96. The molecule has 0 bridgehead atoms. The lowest BCUT2D eigenvalue weighted by atomic mass is 9.93. The van der Waals surface area contributed by atoms with E-state index in [4.69, 9.17) is 21.1 Å². The molecule has 12 heteroatoms. The number of H-pyrrole nitrogens is 1. The summed E-state index contributed by atoms with van der Waals surface area (Å²) in [5, 5.41) is 8.55. The highest BCUT2D eigenvalue weighted by atomic mass is 35.5. The third kappa shape index (κ3) is 4.78. The first kappa shape index (κ1) is 23.9. The first-order valence-electron chi connectivity index (χ1n) is 11.5. The maximum absolute atomic E-state index is 12.6. The van der Waals surface area contributed by atoms with Crippen LogP contribution in [0.25, 0.3) is 28.5 Å². The molecule has 5 rings (SSSR count). The molecule has 0 aliphatic carbocycles. The molecule has 1 aliphatic rings. The van der Waals surface area contributed by atoms with Crippen LogP contribution in [0.2, 0.25) is 0 Å². The second-order valence-corrected chi connectivity index (χ2v) is 9.80. The fourth-order valence-corrected chi connectivity index (χ4v) is 4.35. The Bertz CT molecular complexity index is 1440. The Morgan fingerprint density at radius 3 is 2.58 bits per heavy atom. The van der Waals surface area contributed by atoms with Crippen molar-refractivity contribution in [2.24, 2.45) is 0 Å². The van der Waals surface area contributed by atoms with Gasteiger partial charge in [0.25, 0.3) is 11.4 Å². The Morgan fingerprint density at radius 1 is 1.19 bits per heavy atom. The number of ether oxygens (including phenoxy) is 1. The lowest BCUT2D eigenvalue weighted by molar-refractivity contribution is 0.0203. The number of nitrogens with zero attached hydrogens (tertiary/aromatic N) is 5. The standard InChI is InChI=1S/C24H25ClN6O5/c1-24(2,3)34-23(33)30-10-8-14(9-11-30)18-12-19(32)27-21-17(13-26-31(18)21)22-28-20(29-36-22)15-4-6-16(35-25)7-5-15/h4-7,12-14H,8-11H2,1-3H3,(H,27,32). The van der Waals surface area contributed by atoms with E-state index in [2.05, 4.69) is 24.5 Å². The summed E-state index contributed by atoms with van der Waals surface area (Å²) >= 11 is 5.37. The van der Waals surface area contributed by atoms with Crippen molar-refractivity contribution in [3.05, 3.63) is 52.6 Å². The summed E-state index contributed by atoms with van der Waals surface area (Å²) < 4.78 is 17.3. The Kier molecular flexibility index (Phi) is 6.17. The van der Waals surface area contributed by atoms with Gasteiger partial charge in [-0.05, 0) is 57.9 Å². The first-order valence-corrected chi connectivity index (χ1v) is 11.8. The van der Waals surface area contributed by atoms with Crippen molar-refractivity contribution >= 4 is 23.6 Å². The van der Waals surface area contributed by atoms with Gasteiger partial charge in [-0.15, -0.1) is 0 Å². The number of fused-ring (bicyclic) bond motifs is 1. The molecule has 1 aromatic carbocycles. The molecule has 0 spiro atoms. The molecule has 188 valence electrons. The van der Waals surface area contributed by atoms with E-state index in [1.54, 1.807) is 45.9 Å². The SMILES string of the molecule is CC(C)(C)OC(=O)N1CCC(c2cc(=O)[nH]c3c(-c4nc(-c5ccc(OCl)cc5)no4)cnn23)CC1. The first-order chi connectivity index (χ1) is 17.2. The van der Waals surface area contributed by atoms with Crippen molar-refractivity contribution in [1.82, 2.24) is 29.6 Å². The Balaban J connectivity index is 1.39. The quantitative estimate of drug-likeness (QED) is 0.426. The van der Waals surface area contributed by atoms with Crippen molar-refractivity contribution < 1.29 is 18.3 Å². The summed E-state index contributed by atoms with van der Waals surface area (Å²) in [4.78, 5) is 34.0. The fraction of sp³-hybridized carbons (Fsp3) is 0.375. The van der Waals surface area contributed by atoms with E-state index in [0.717, 1.165) is 5.69 Å². The van der Waals surface area contributed by atoms with E-state index in [1.165, 1.54) is 0 Å². The summed E-state index contributed by atoms with van der Waals surface area (Å²) in [7, 11) is 0. The highest BCUT2D eigenvalue weighted by Gasteiger charge is 2.29. The van der Waals surface area contributed by atoms with Crippen LogP contribution in [0, 0.1) is 0 Å². The predicted molar refractivity (Wildman–Crippen MR) is 131 cm³/mol. The maximum atomic E-state index is 12.6. The minimum atomic E-state index is -0.547. The molecule has 4 aromatic rings. The van der Waals surface area contributed by atoms with Crippen LogP contribution in [0.1, 0.15) is 45.2 Å². The Morgan fingerprint density at radius 2 is 1.92 bits per heavy atom. The van der Waals surface area contributed by atoms with Crippen molar-refractivity contribution in [3.8, 4) is 28.6 Å². The monoisotopic (exact) mass is 512 g/mol. The van der Waals surface area contributed by atoms with Gasteiger partial charge in [-0.2, -0.15) is 10.1 Å². The van der Waals surface area contributed by atoms with Gasteiger partial charge in [0.2, 0.25) is 5.82 Å². The molecule has 1 fully saturated rings.